The molecule has 1 amide bonds. The van der Waals surface area contributed by atoms with Crippen molar-refractivity contribution in [3.63, 3.8) is 0 Å². The summed E-state index contributed by atoms with van der Waals surface area (Å²) in [6.45, 7) is 5.56. The van der Waals surface area contributed by atoms with Gasteiger partial charge in [0.15, 0.2) is 0 Å². The minimum absolute atomic E-state index is 0.0194. The molecule has 2 rings (SSSR count). The SMILES string of the molecule is Cc1[nH]c(=O)c(C#N)c(C)c1CCC(=O)NC(C)CCc1ccccc1. The molecule has 0 aliphatic rings. The van der Waals surface area contributed by atoms with Gasteiger partial charge in [-0.15, -0.1) is 0 Å². The van der Waals surface area contributed by atoms with Crippen LogP contribution in [0.4, 0.5) is 0 Å². The molecule has 0 bridgehead atoms. The van der Waals surface area contributed by atoms with E-state index in [1.807, 2.05) is 31.2 Å². The van der Waals surface area contributed by atoms with Gasteiger partial charge >= 0.3 is 0 Å². The van der Waals surface area contributed by atoms with Crippen molar-refractivity contribution in [2.45, 2.75) is 52.5 Å². The number of nitriles is 1. The van der Waals surface area contributed by atoms with Gasteiger partial charge in [-0.25, -0.2) is 0 Å². The van der Waals surface area contributed by atoms with Crippen molar-refractivity contribution in [2.75, 3.05) is 0 Å². The van der Waals surface area contributed by atoms with Gasteiger partial charge in [0.25, 0.3) is 5.56 Å². The number of carbonyl (C=O) groups excluding carboxylic acids is 1. The lowest BCUT2D eigenvalue weighted by atomic mass is 9.99. The number of aromatic nitrogens is 1. The molecule has 0 radical (unpaired) electrons. The lowest BCUT2D eigenvalue weighted by Gasteiger charge is -2.15. The molecule has 1 unspecified atom stereocenters. The van der Waals surface area contributed by atoms with Gasteiger partial charge in [-0.3, -0.25) is 9.59 Å². The normalized spacial score (nSPS) is 11.6. The number of rotatable bonds is 7. The predicted octanol–water partition coefficient (Wildman–Crippen LogP) is 2.93. The average Bonchev–Trinajstić information content (AvgIpc) is 2.60. The van der Waals surface area contributed by atoms with E-state index in [2.05, 4.69) is 22.4 Å². The zero-order chi connectivity index (χ0) is 19.1. The third-order valence-corrected chi connectivity index (χ3v) is 4.64. The van der Waals surface area contributed by atoms with Crippen molar-refractivity contribution in [1.29, 1.82) is 5.26 Å². The molecule has 5 heteroatoms. The number of benzene rings is 1. The van der Waals surface area contributed by atoms with Gasteiger partial charge in [-0.05, 0) is 56.7 Å². The Hall–Kier alpha value is -2.87. The van der Waals surface area contributed by atoms with Gasteiger partial charge in [-0.1, -0.05) is 30.3 Å². The van der Waals surface area contributed by atoms with E-state index in [9.17, 15) is 9.59 Å². The number of carbonyl (C=O) groups is 1. The first kappa shape index (κ1) is 19.5. The van der Waals surface area contributed by atoms with Gasteiger partial charge < -0.3 is 10.3 Å². The van der Waals surface area contributed by atoms with Crippen LogP contribution in [0.15, 0.2) is 35.1 Å². The van der Waals surface area contributed by atoms with E-state index in [1.54, 1.807) is 13.8 Å². The van der Waals surface area contributed by atoms with E-state index < -0.39 is 0 Å². The lowest BCUT2D eigenvalue weighted by Crippen LogP contribution is -2.33. The highest BCUT2D eigenvalue weighted by molar-refractivity contribution is 5.76. The number of amides is 1. The third kappa shape index (κ3) is 5.06. The van der Waals surface area contributed by atoms with Crippen LogP contribution in [0, 0.1) is 25.2 Å². The van der Waals surface area contributed by atoms with E-state index in [0.29, 0.717) is 18.4 Å². The van der Waals surface area contributed by atoms with Crippen LogP contribution in [0.1, 0.15) is 47.7 Å². The van der Waals surface area contributed by atoms with Gasteiger partial charge in [0.1, 0.15) is 11.6 Å². The fourth-order valence-corrected chi connectivity index (χ4v) is 3.11. The molecule has 5 nitrogen and oxygen atoms in total. The molecule has 2 aromatic rings. The first-order chi connectivity index (χ1) is 12.4. The molecule has 0 aliphatic carbocycles. The van der Waals surface area contributed by atoms with Gasteiger partial charge in [-0.2, -0.15) is 5.26 Å². The Morgan fingerprint density at radius 3 is 2.58 bits per heavy atom. The first-order valence-electron chi connectivity index (χ1n) is 8.88. The standard InChI is InChI=1S/C21H25N3O2/c1-14(9-10-17-7-5-4-6-8-17)23-20(25)12-11-18-15(2)19(13-22)21(26)24-16(18)3/h4-8,14H,9-12H2,1-3H3,(H,23,25)(H,24,26). The summed E-state index contributed by atoms with van der Waals surface area (Å²) in [4.78, 5) is 26.7. The summed E-state index contributed by atoms with van der Waals surface area (Å²) in [5.41, 5.74) is 3.27. The largest absolute Gasteiger partial charge is 0.354 e. The maximum Gasteiger partial charge on any atom is 0.266 e. The number of hydrogen-bond donors (Lipinski definition) is 2. The Morgan fingerprint density at radius 2 is 1.92 bits per heavy atom. The van der Waals surface area contributed by atoms with E-state index in [1.165, 1.54) is 5.56 Å². The summed E-state index contributed by atoms with van der Waals surface area (Å²) in [7, 11) is 0. The Balaban J connectivity index is 1.89. The van der Waals surface area contributed by atoms with Crippen molar-refractivity contribution in [2.24, 2.45) is 0 Å². The highest BCUT2D eigenvalue weighted by atomic mass is 16.1. The molecule has 1 aromatic heterocycles. The van der Waals surface area contributed by atoms with E-state index in [4.69, 9.17) is 5.26 Å². The van der Waals surface area contributed by atoms with Gasteiger partial charge in [0.05, 0.1) is 0 Å². The fraction of sp³-hybridized carbons (Fsp3) is 0.381. The van der Waals surface area contributed by atoms with Crippen LogP contribution >= 0.6 is 0 Å². The van der Waals surface area contributed by atoms with Crippen molar-refractivity contribution in [3.05, 3.63) is 68.6 Å². The summed E-state index contributed by atoms with van der Waals surface area (Å²) >= 11 is 0. The van der Waals surface area contributed by atoms with E-state index in [0.717, 1.165) is 24.1 Å². The molecular formula is C21H25N3O2. The fourth-order valence-electron chi connectivity index (χ4n) is 3.11. The maximum absolute atomic E-state index is 12.2. The molecule has 1 atom stereocenters. The molecule has 0 spiro atoms. The summed E-state index contributed by atoms with van der Waals surface area (Å²) in [5.74, 6) is -0.0194. The molecule has 0 saturated carbocycles. The Bertz CT molecular complexity index is 863. The lowest BCUT2D eigenvalue weighted by molar-refractivity contribution is -0.121. The minimum atomic E-state index is -0.370. The molecule has 26 heavy (non-hydrogen) atoms. The van der Waals surface area contributed by atoms with Gasteiger partial charge in [0, 0.05) is 18.2 Å². The maximum atomic E-state index is 12.2. The molecule has 136 valence electrons. The molecule has 0 fully saturated rings. The first-order valence-corrected chi connectivity index (χ1v) is 8.88. The third-order valence-electron chi connectivity index (χ3n) is 4.64. The second-order valence-corrected chi connectivity index (χ2v) is 6.66. The van der Waals surface area contributed by atoms with Crippen molar-refractivity contribution in [1.82, 2.24) is 10.3 Å². The van der Waals surface area contributed by atoms with Gasteiger partial charge in [0.2, 0.25) is 5.91 Å². The number of nitrogens with one attached hydrogen (secondary N) is 2. The molecule has 1 aromatic carbocycles. The molecule has 1 heterocycles. The topological polar surface area (TPSA) is 85.8 Å². The zero-order valence-electron chi connectivity index (χ0n) is 15.6. The summed E-state index contributed by atoms with van der Waals surface area (Å²) in [5, 5.41) is 12.1. The van der Waals surface area contributed by atoms with Crippen molar-refractivity contribution in [3.8, 4) is 6.07 Å². The average molecular weight is 351 g/mol. The predicted molar refractivity (Wildman–Crippen MR) is 102 cm³/mol. The monoisotopic (exact) mass is 351 g/mol. The Labute approximate surface area is 154 Å². The molecule has 0 saturated heterocycles. The molecule has 2 N–H and O–H groups in total. The minimum Gasteiger partial charge on any atom is -0.354 e. The van der Waals surface area contributed by atoms with E-state index in [-0.39, 0.29) is 23.1 Å². The number of pyridine rings is 1. The van der Waals surface area contributed by atoms with Crippen molar-refractivity contribution < 1.29 is 4.79 Å². The van der Waals surface area contributed by atoms with Crippen molar-refractivity contribution >= 4 is 5.91 Å². The number of aromatic amines is 1. The number of nitrogens with zero attached hydrogens (tertiary/aromatic N) is 1. The van der Waals surface area contributed by atoms with Crippen LogP contribution in [-0.2, 0) is 17.6 Å². The number of hydrogen-bond acceptors (Lipinski definition) is 3. The summed E-state index contributed by atoms with van der Waals surface area (Å²) in [6.07, 6.45) is 2.63. The Kier molecular flexibility index (Phi) is 6.74. The van der Waals surface area contributed by atoms with E-state index >= 15 is 0 Å². The zero-order valence-corrected chi connectivity index (χ0v) is 15.6. The summed E-state index contributed by atoms with van der Waals surface area (Å²) < 4.78 is 0. The van der Waals surface area contributed by atoms with Crippen LogP contribution < -0.4 is 10.9 Å². The summed E-state index contributed by atoms with van der Waals surface area (Å²) in [6, 6.07) is 12.2. The second-order valence-electron chi connectivity index (χ2n) is 6.66. The van der Waals surface area contributed by atoms with Crippen LogP contribution in [0.3, 0.4) is 0 Å². The van der Waals surface area contributed by atoms with Crippen LogP contribution in [0.5, 0.6) is 0 Å². The molecular weight excluding hydrogens is 326 g/mol. The highest BCUT2D eigenvalue weighted by Gasteiger charge is 2.14. The number of aryl methyl sites for hydroxylation is 2. The molecule has 0 aliphatic heterocycles. The Morgan fingerprint density at radius 1 is 1.23 bits per heavy atom. The quantitative estimate of drug-likeness (QED) is 0.804. The smallest absolute Gasteiger partial charge is 0.266 e. The highest BCUT2D eigenvalue weighted by Crippen LogP contribution is 2.15. The van der Waals surface area contributed by atoms with Crippen LogP contribution in [0.25, 0.3) is 0 Å². The number of H-pyrrole nitrogens is 1. The van der Waals surface area contributed by atoms with Crippen LogP contribution in [-0.4, -0.2) is 16.9 Å². The second kappa shape index (κ2) is 9.00. The van der Waals surface area contributed by atoms with Crippen LogP contribution in [0.2, 0.25) is 0 Å².